The summed E-state index contributed by atoms with van der Waals surface area (Å²) in [5, 5.41) is 15.0. The van der Waals surface area contributed by atoms with Crippen molar-refractivity contribution in [2.45, 2.75) is 33.0 Å². The highest BCUT2D eigenvalue weighted by molar-refractivity contribution is 6.43. The Hall–Kier alpha value is -2.00. The second-order valence-corrected chi connectivity index (χ2v) is 6.28. The molecular weight excluding hydrogens is 399 g/mol. The Morgan fingerprint density at radius 3 is 2.81 bits per heavy atom. The summed E-state index contributed by atoms with van der Waals surface area (Å²) in [6, 6.07) is 3.12. The second-order valence-electron chi connectivity index (χ2n) is 5.52. The number of nitrogens with zero attached hydrogens (tertiary/aromatic N) is 2. The van der Waals surface area contributed by atoms with Gasteiger partial charge in [0, 0.05) is 18.4 Å². The molecule has 0 fully saturated rings. The van der Waals surface area contributed by atoms with E-state index in [1.807, 2.05) is 6.92 Å². The van der Waals surface area contributed by atoms with Gasteiger partial charge in [0.25, 0.3) is 0 Å². The molecule has 27 heavy (non-hydrogen) atoms. The Morgan fingerprint density at radius 2 is 2.11 bits per heavy atom. The molecule has 8 nitrogen and oxygen atoms in total. The summed E-state index contributed by atoms with van der Waals surface area (Å²) in [5.41, 5.74) is 0.744. The molecule has 0 aliphatic carbocycles. The van der Waals surface area contributed by atoms with Crippen LogP contribution in [-0.4, -0.2) is 40.4 Å². The molecule has 2 unspecified atom stereocenters. The van der Waals surface area contributed by atoms with Crippen LogP contribution in [0.25, 0.3) is 0 Å². The van der Waals surface area contributed by atoms with E-state index in [2.05, 4.69) is 5.10 Å². The van der Waals surface area contributed by atoms with Crippen LogP contribution in [0, 0.1) is 0 Å². The number of aliphatic hydroxyl groups excluding tert-OH is 1. The maximum Gasteiger partial charge on any atom is 0.389 e. The van der Waals surface area contributed by atoms with Crippen molar-refractivity contribution in [1.29, 1.82) is 0 Å². The number of ether oxygens (including phenoxy) is 4. The van der Waals surface area contributed by atoms with Crippen LogP contribution in [0.15, 0.2) is 18.3 Å². The van der Waals surface area contributed by atoms with Crippen LogP contribution in [-0.2, 0) is 21.0 Å². The number of benzene rings is 1. The summed E-state index contributed by atoms with van der Waals surface area (Å²) >= 11 is 12.6. The lowest BCUT2D eigenvalue weighted by Crippen LogP contribution is -2.30. The van der Waals surface area contributed by atoms with Gasteiger partial charge < -0.3 is 24.1 Å². The fourth-order valence-electron chi connectivity index (χ4n) is 2.57. The summed E-state index contributed by atoms with van der Waals surface area (Å²) in [6.07, 6.45) is -0.880. The third-order valence-corrected chi connectivity index (χ3v) is 4.70. The van der Waals surface area contributed by atoms with Crippen LogP contribution < -0.4 is 9.47 Å². The van der Waals surface area contributed by atoms with Gasteiger partial charge in [-0.05, 0) is 26.0 Å². The molecule has 0 bridgehead atoms. The lowest BCUT2D eigenvalue weighted by Gasteiger charge is -2.16. The van der Waals surface area contributed by atoms with Crippen LogP contribution in [0.1, 0.15) is 31.2 Å². The molecule has 3 rings (SSSR count). The topological polar surface area (TPSA) is 92.0 Å². The molecule has 0 saturated heterocycles. The van der Waals surface area contributed by atoms with Crippen molar-refractivity contribution in [3.8, 4) is 11.5 Å². The largest absolute Gasteiger partial charge is 0.460 e. The zero-order chi connectivity index (χ0) is 19.6. The molecule has 1 aromatic carbocycles. The number of hydrogen-bond donors (Lipinski definition) is 1. The molecule has 0 radical (unpaired) electrons. The Labute approximate surface area is 165 Å². The monoisotopic (exact) mass is 416 g/mol. The number of carbonyl (C=O) groups is 1. The van der Waals surface area contributed by atoms with Crippen molar-refractivity contribution in [2.75, 3.05) is 13.2 Å². The van der Waals surface area contributed by atoms with Crippen LogP contribution in [0.4, 0.5) is 0 Å². The molecule has 10 heteroatoms. The Balaban J connectivity index is 1.91. The predicted octanol–water partition coefficient (Wildman–Crippen LogP) is 2.93. The van der Waals surface area contributed by atoms with E-state index in [9.17, 15) is 9.90 Å². The number of fused-ring (bicyclic) bond motifs is 1. The summed E-state index contributed by atoms with van der Waals surface area (Å²) in [4.78, 5) is 11.8. The maximum absolute atomic E-state index is 11.8. The number of esters is 1. The van der Waals surface area contributed by atoms with Crippen molar-refractivity contribution in [3.05, 3.63) is 39.6 Å². The second kappa shape index (κ2) is 8.35. The van der Waals surface area contributed by atoms with Crippen molar-refractivity contribution in [3.63, 3.8) is 0 Å². The number of rotatable bonds is 7. The van der Waals surface area contributed by atoms with E-state index in [1.54, 1.807) is 13.0 Å². The summed E-state index contributed by atoms with van der Waals surface area (Å²) in [6.45, 7) is 4.39. The third-order valence-electron chi connectivity index (χ3n) is 3.84. The van der Waals surface area contributed by atoms with E-state index in [1.165, 1.54) is 16.9 Å². The molecule has 2 heterocycles. The first-order valence-electron chi connectivity index (χ1n) is 8.27. The molecule has 1 aromatic heterocycles. The normalized spacial score (nSPS) is 16.4. The number of aliphatic hydroxyl groups is 1. The SMILES string of the molecule is CCOCn1nccc1C(O)c1cc2c(c(Cl)c1Cl)OC(C(=O)OCC)O2. The first-order chi connectivity index (χ1) is 13.0. The van der Waals surface area contributed by atoms with Gasteiger partial charge in [0.1, 0.15) is 17.9 Å². The van der Waals surface area contributed by atoms with Crippen LogP contribution >= 0.6 is 23.2 Å². The molecule has 2 atom stereocenters. The molecule has 0 amide bonds. The van der Waals surface area contributed by atoms with Gasteiger partial charge in [0.15, 0.2) is 11.5 Å². The molecule has 1 aliphatic rings. The fourth-order valence-corrected chi connectivity index (χ4v) is 3.06. The average molecular weight is 417 g/mol. The van der Waals surface area contributed by atoms with Crippen molar-refractivity contribution in [2.24, 2.45) is 0 Å². The Kier molecular flexibility index (Phi) is 6.11. The highest BCUT2D eigenvalue weighted by Gasteiger charge is 2.36. The smallest absolute Gasteiger partial charge is 0.389 e. The van der Waals surface area contributed by atoms with E-state index in [0.29, 0.717) is 12.3 Å². The molecule has 1 aliphatic heterocycles. The minimum absolute atomic E-state index is 0.0332. The van der Waals surface area contributed by atoms with Crippen molar-refractivity contribution >= 4 is 29.2 Å². The standard InChI is InChI=1S/C17H18Cl2N2O6/c1-3-24-8-21-10(5-6-20-21)14(22)9-7-11-15(13(19)12(9)18)27-17(26-11)16(23)25-4-2/h5-7,14,17,22H,3-4,8H2,1-2H3. The quantitative estimate of drug-likeness (QED) is 0.693. The van der Waals surface area contributed by atoms with Crippen molar-refractivity contribution in [1.82, 2.24) is 9.78 Å². The minimum atomic E-state index is -1.27. The van der Waals surface area contributed by atoms with Gasteiger partial charge in [0.05, 0.1) is 17.3 Å². The lowest BCUT2D eigenvalue weighted by molar-refractivity contribution is -0.161. The lowest BCUT2D eigenvalue weighted by atomic mass is 10.1. The minimum Gasteiger partial charge on any atom is -0.460 e. The number of hydrogen-bond acceptors (Lipinski definition) is 7. The van der Waals surface area contributed by atoms with Gasteiger partial charge in [-0.25, -0.2) is 9.48 Å². The van der Waals surface area contributed by atoms with E-state index >= 15 is 0 Å². The summed E-state index contributed by atoms with van der Waals surface area (Å²) < 4.78 is 22.6. The summed E-state index contributed by atoms with van der Waals surface area (Å²) in [5.74, 6) is -0.372. The zero-order valence-electron chi connectivity index (χ0n) is 14.6. The van der Waals surface area contributed by atoms with Crippen LogP contribution in [0.2, 0.25) is 10.0 Å². The molecule has 146 valence electrons. The molecule has 0 spiro atoms. The highest BCUT2D eigenvalue weighted by Crippen LogP contribution is 2.48. The maximum atomic E-state index is 11.8. The zero-order valence-corrected chi connectivity index (χ0v) is 16.2. The van der Waals surface area contributed by atoms with E-state index in [4.69, 9.17) is 42.1 Å². The van der Waals surface area contributed by atoms with Crippen molar-refractivity contribution < 1.29 is 28.8 Å². The van der Waals surface area contributed by atoms with E-state index in [0.717, 1.165) is 0 Å². The number of halogens is 2. The van der Waals surface area contributed by atoms with Gasteiger partial charge in [-0.2, -0.15) is 5.10 Å². The number of aromatic nitrogens is 2. The average Bonchev–Trinajstić information content (AvgIpc) is 3.29. The Bertz CT molecular complexity index is 841. The van der Waals surface area contributed by atoms with E-state index in [-0.39, 0.29) is 40.4 Å². The van der Waals surface area contributed by atoms with E-state index < -0.39 is 18.4 Å². The van der Waals surface area contributed by atoms with Gasteiger partial charge >= 0.3 is 12.3 Å². The third kappa shape index (κ3) is 3.84. The molecule has 2 aromatic rings. The predicted molar refractivity (Wildman–Crippen MR) is 96.1 cm³/mol. The first-order valence-corrected chi connectivity index (χ1v) is 9.02. The molecule has 1 N–H and O–H groups in total. The Morgan fingerprint density at radius 1 is 1.33 bits per heavy atom. The van der Waals surface area contributed by atoms with Gasteiger partial charge in [0.2, 0.25) is 0 Å². The van der Waals surface area contributed by atoms with Gasteiger partial charge in [-0.1, -0.05) is 23.2 Å². The molecule has 0 saturated carbocycles. The molecular formula is C17H18Cl2N2O6. The first kappa shape index (κ1) is 19.8. The summed E-state index contributed by atoms with van der Waals surface area (Å²) in [7, 11) is 0. The van der Waals surface area contributed by atoms with Gasteiger partial charge in [-0.3, -0.25) is 0 Å². The van der Waals surface area contributed by atoms with Crippen LogP contribution in [0.3, 0.4) is 0 Å². The van der Waals surface area contributed by atoms with Crippen LogP contribution in [0.5, 0.6) is 11.5 Å². The van der Waals surface area contributed by atoms with Gasteiger partial charge in [-0.15, -0.1) is 0 Å². The highest BCUT2D eigenvalue weighted by atomic mass is 35.5. The number of carbonyl (C=O) groups excluding carboxylic acids is 1. The fraction of sp³-hybridized carbons (Fsp3) is 0.412.